The first kappa shape index (κ1) is 15.4. The van der Waals surface area contributed by atoms with Crippen LogP contribution in [-0.2, 0) is 13.6 Å². The van der Waals surface area contributed by atoms with Gasteiger partial charge in [-0.15, -0.1) is 0 Å². The lowest BCUT2D eigenvalue weighted by Gasteiger charge is -2.08. The Morgan fingerprint density at radius 3 is 2.65 bits per heavy atom. The number of nitrogens with zero attached hydrogens (tertiary/aromatic N) is 1. The van der Waals surface area contributed by atoms with Gasteiger partial charge in [0.1, 0.15) is 11.5 Å². The van der Waals surface area contributed by atoms with Crippen LogP contribution in [0.5, 0.6) is 5.88 Å². The van der Waals surface area contributed by atoms with Gasteiger partial charge in [0.05, 0.1) is 0 Å². The Morgan fingerprint density at radius 2 is 1.96 bits per heavy atom. The van der Waals surface area contributed by atoms with E-state index in [-0.39, 0.29) is 23.4 Å². The third-order valence-corrected chi connectivity index (χ3v) is 4.10. The van der Waals surface area contributed by atoms with Gasteiger partial charge >= 0.3 is 0 Å². The molecule has 0 aliphatic carbocycles. The van der Waals surface area contributed by atoms with Gasteiger partial charge in [0.25, 0.3) is 5.91 Å². The fourth-order valence-electron chi connectivity index (χ4n) is 2.55. The summed E-state index contributed by atoms with van der Waals surface area (Å²) in [5.41, 5.74) is 0.973. The maximum absolute atomic E-state index is 13.0. The summed E-state index contributed by atoms with van der Waals surface area (Å²) in [5, 5.41) is 14.4. The van der Waals surface area contributed by atoms with E-state index in [1.54, 1.807) is 31.3 Å². The molecule has 1 heterocycles. The van der Waals surface area contributed by atoms with Crippen LogP contribution in [0.4, 0.5) is 4.39 Å². The van der Waals surface area contributed by atoms with E-state index in [0.29, 0.717) is 22.0 Å². The Kier molecular flexibility index (Phi) is 3.96. The molecule has 0 spiro atoms. The van der Waals surface area contributed by atoms with E-state index in [0.717, 1.165) is 0 Å². The Morgan fingerprint density at radius 1 is 1.26 bits per heavy atom. The molecular weight excluding hydrogens is 319 g/mol. The fraction of sp³-hybridized carbons (Fsp3) is 0.118. The maximum Gasteiger partial charge on any atom is 0.268 e. The van der Waals surface area contributed by atoms with E-state index < -0.39 is 5.82 Å². The Bertz CT molecular complexity index is 905. The zero-order chi connectivity index (χ0) is 16.6. The summed E-state index contributed by atoms with van der Waals surface area (Å²) in [6.07, 6.45) is 0. The SMILES string of the molecule is Cn1c(O)c2ccccc2c1C(=O)NCc1ccc(F)cc1Cl. The highest BCUT2D eigenvalue weighted by Crippen LogP contribution is 2.30. The molecule has 0 aliphatic heterocycles. The molecule has 1 amide bonds. The summed E-state index contributed by atoms with van der Waals surface area (Å²) < 4.78 is 14.5. The van der Waals surface area contributed by atoms with Crippen molar-refractivity contribution in [1.29, 1.82) is 0 Å². The van der Waals surface area contributed by atoms with Crippen LogP contribution in [0.25, 0.3) is 10.8 Å². The molecule has 118 valence electrons. The number of nitrogens with one attached hydrogen (secondary N) is 1. The van der Waals surface area contributed by atoms with Gasteiger partial charge < -0.3 is 15.0 Å². The minimum absolute atomic E-state index is 0.0329. The van der Waals surface area contributed by atoms with Crippen molar-refractivity contribution in [3.05, 3.63) is 64.6 Å². The molecule has 2 aromatic carbocycles. The van der Waals surface area contributed by atoms with Gasteiger partial charge in [0, 0.05) is 29.4 Å². The van der Waals surface area contributed by atoms with Crippen LogP contribution in [0.3, 0.4) is 0 Å². The van der Waals surface area contributed by atoms with E-state index in [1.165, 1.54) is 22.8 Å². The minimum Gasteiger partial charge on any atom is -0.494 e. The first-order chi connectivity index (χ1) is 11.0. The summed E-state index contributed by atoms with van der Waals surface area (Å²) in [6.45, 7) is 0.165. The summed E-state index contributed by atoms with van der Waals surface area (Å²) in [7, 11) is 1.62. The molecule has 1 aromatic heterocycles. The lowest BCUT2D eigenvalue weighted by atomic mass is 10.1. The van der Waals surface area contributed by atoms with Gasteiger partial charge in [0.2, 0.25) is 0 Å². The van der Waals surface area contributed by atoms with E-state index in [1.807, 2.05) is 0 Å². The fourth-order valence-corrected chi connectivity index (χ4v) is 2.78. The van der Waals surface area contributed by atoms with E-state index >= 15 is 0 Å². The molecule has 2 N–H and O–H groups in total. The number of fused-ring (bicyclic) bond motifs is 1. The van der Waals surface area contributed by atoms with Gasteiger partial charge in [-0.1, -0.05) is 35.9 Å². The summed E-state index contributed by atoms with van der Waals surface area (Å²) >= 11 is 5.95. The Labute approximate surface area is 137 Å². The predicted octanol–water partition coefficient (Wildman–Crippen LogP) is 3.61. The van der Waals surface area contributed by atoms with Crippen molar-refractivity contribution < 1.29 is 14.3 Å². The topological polar surface area (TPSA) is 54.3 Å². The average Bonchev–Trinajstić information content (AvgIpc) is 2.78. The van der Waals surface area contributed by atoms with E-state index in [4.69, 9.17) is 11.6 Å². The second-order valence-electron chi connectivity index (χ2n) is 5.20. The zero-order valence-corrected chi connectivity index (χ0v) is 13.1. The lowest BCUT2D eigenvalue weighted by molar-refractivity contribution is 0.0943. The number of carbonyl (C=O) groups excluding carboxylic acids is 1. The predicted molar refractivity (Wildman–Crippen MR) is 87.2 cm³/mol. The van der Waals surface area contributed by atoms with Crippen LogP contribution in [0.2, 0.25) is 5.02 Å². The van der Waals surface area contributed by atoms with Crippen molar-refractivity contribution in [1.82, 2.24) is 9.88 Å². The number of aromatic hydroxyl groups is 1. The molecule has 0 aliphatic rings. The number of rotatable bonds is 3. The zero-order valence-electron chi connectivity index (χ0n) is 12.3. The first-order valence-electron chi connectivity index (χ1n) is 6.97. The van der Waals surface area contributed by atoms with E-state index in [9.17, 15) is 14.3 Å². The number of aromatic nitrogens is 1. The van der Waals surface area contributed by atoms with Crippen LogP contribution in [0.15, 0.2) is 42.5 Å². The van der Waals surface area contributed by atoms with Crippen molar-refractivity contribution in [2.75, 3.05) is 0 Å². The number of carbonyl (C=O) groups is 1. The first-order valence-corrected chi connectivity index (χ1v) is 7.35. The molecule has 0 saturated heterocycles. The minimum atomic E-state index is -0.427. The largest absolute Gasteiger partial charge is 0.494 e. The van der Waals surface area contributed by atoms with Gasteiger partial charge in [0.15, 0.2) is 5.88 Å². The Hall–Kier alpha value is -2.53. The summed E-state index contributed by atoms with van der Waals surface area (Å²) in [4.78, 5) is 12.5. The molecule has 0 saturated carbocycles. The molecule has 0 radical (unpaired) electrons. The Balaban J connectivity index is 1.88. The van der Waals surface area contributed by atoms with Crippen LogP contribution in [-0.4, -0.2) is 15.6 Å². The van der Waals surface area contributed by atoms with Crippen molar-refractivity contribution in [3.8, 4) is 5.88 Å². The van der Waals surface area contributed by atoms with Gasteiger partial charge in [-0.05, 0) is 23.8 Å². The highest BCUT2D eigenvalue weighted by molar-refractivity contribution is 6.31. The van der Waals surface area contributed by atoms with Crippen molar-refractivity contribution >= 4 is 28.3 Å². The van der Waals surface area contributed by atoms with Crippen LogP contribution < -0.4 is 5.32 Å². The summed E-state index contributed by atoms with van der Waals surface area (Å²) in [6, 6.07) is 11.1. The normalized spacial score (nSPS) is 10.9. The maximum atomic E-state index is 13.0. The quantitative estimate of drug-likeness (QED) is 0.770. The molecule has 0 bridgehead atoms. The van der Waals surface area contributed by atoms with Gasteiger partial charge in [-0.3, -0.25) is 4.79 Å². The van der Waals surface area contributed by atoms with Gasteiger partial charge in [-0.2, -0.15) is 0 Å². The molecular formula is C17H14ClFN2O2. The highest BCUT2D eigenvalue weighted by Gasteiger charge is 2.19. The molecule has 0 fully saturated rings. The molecule has 23 heavy (non-hydrogen) atoms. The highest BCUT2D eigenvalue weighted by atomic mass is 35.5. The number of benzene rings is 2. The molecule has 3 aromatic rings. The average molecular weight is 333 g/mol. The van der Waals surface area contributed by atoms with Crippen molar-refractivity contribution in [2.24, 2.45) is 7.05 Å². The number of amides is 1. The van der Waals surface area contributed by atoms with Crippen molar-refractivity contribution in [3.63, 3.8) is 0 Å². The molecule has 6 heteroatoms. The molecule has 0 atom stereocenters. The van der Waals surface area contributed by atoms with E-state index in [2.05, 4.69) is 5.32 Å². The molecule has 4 nitrogen and oxygen atoms in total. The smallest absolute Gasteiger partial charge is 0.268 e. The standard InChI is InChI=1S/C17H14ClFN2O2/c1-21-15(12-4-2-3-5-13(12)17(21)23)16(22)20-9-10-6-7-11(19)8-14(10)18/h2-8,23H,9H2,1H3,(H,20,22). The third kappa shape index (κ3) is 2.75. The molecule has 0 unspecified atom stereocenters. The van der Waals surface area contributed by atoms with Crippen LogP contribution in [0, 0.1) is 5.82 Å². The van der Waals surface area contributed by atoms with Gasteiger partial charge in [-0.25, -0.2) is 4.39 Å². The lowest BCUT2D eigenvalue weighted by Crippen LogP contribution is -2.25. The number of halogens is 2. The van der Waals surface area contributed by atoms with Crippen LogP contribution >= 0.6 is 11.6 Å². The number of hydrogen-bond acceptors (Lipinski definition) is 2. The monoisotopic (exact) mass is 332 g/mol. The molecule has 3 rings (SSSR count). The third-order valence-electron chi connectivity index (χ3n) is 3.75. The van der Waals surface area contributed by atoms with Crippen LogP contribution in [0.1, 0.15) is 16.1 Å². The number of hydrogen-bond donors (Lipinski definition) is 2. The second-order valence-corrected chi connectivity index (χ2v) is 5.60. The summed E-state index contributed by atoms with van der Waals surface area (Å²) in [5.74, 6) is -0.738. The van der Waals surface area contributed by atoms with Crippen molar-refractivity contribution in [2.45, 2.75) is 6.54 Å². The second kappa shape index (κ2) is 5.93.